The molecule has 0 aliphatic rings. The number of halogens is 9. The normalized spacial score (nSPS) is 17.1. The maximum Gasteiger partial charge on any atom is 0.524 e. The lowest BCUT2D eigenvalue weighted by atomic mass is 10.3. The number of hydrogen-bond acceptors (Lipinski definition) is 7. The van der Waals surface area contributed by atoms with E-state index in [-0.39, 0.29) is 0 Å². The van der Waals surface area contributed by atoms with Crippen molar-refractivity contribution in [2.24, 2.45) is 0 Å². The first-order chi connectivity index (χ1) is 9.65. The third kappa shape index (κ3) is 3.56. The molecule has 0 aromatic rings. The lowest BCUT2D eigenvalue weighted by Crippen LogP contribution is -2.60. The molecular weight excluding hydrogens is 427 g/mol. The highest BCUT2D eigenvalue weighted by Crippen LogP contribution is 2.50. The van der Waals surface area contributed by atoms with Crippen molar-refractivity contribution in [2.45, 2.75) is 21.9 Å². The van der Waals surface area contributed by atoms with Crippen LogP contribution in [0.5, 0.6) is 0 Å². The van der Waals surface area contributed by atoms with Gasteiger partial charge in [0.05, 0.1) is 0 Å². The van der Waals surface area contributed by atoms with E-state index in [0.717, 1.165) is 0 Å². The Bertz CT molecular complexity index is 689. The van der Waals surface area contributed by atoms with Gasteiger partial charge in [0.1, 0.15) is 0 Å². The predicted octanol–water partition coefficient (Wildman–Crippen LogP) is 0.882. The molecule has 140 valence electrons. The van der Waals surface area contributed by atoms with Crippen LogP contribution in [-0.4, -0.2) is 47.5 Å². The highest BCUT2D eigenvalue weighted by molar-refractivity contribution is 8.00. The molecule has 0 saturated carbocycles. The van der Waals surface area contributed by atoms with Gasteiger partial charge in [-0.2, -0.15) is 56.3 Å². The molecule has 0 spiro atoms. The summed E-state index contributed by atoms with van der Waals surface area (Å²) >= 11 is -5.37. The predicted molar refractivity (Wildman–Crippen MR) is 48.7 cm³/mol. The molecule has 0 amide bonds. The maximum absolute atomic E-state index is 12.9. The van der Waals surface area contributed by atoms with Gasteiger partial charge in [-0.05, 0) is 0 Å². The molecule has 0 aliphatic heterocycles. The summed E-state index contributed by atoms with van der Waals surface area (Å²) in [5.41, 5.74) is -6.70. The molecular formula is C4F9O7S3-. The fourth-order valence-electron chi connectivity index (χ4n) is 0.630. The molecule has 0 rings (SSSR count). The second-order valence-corrected chi connectivity index (χ2v) is 7.58. The van der Waals surface area contributed by atoms with E-state index in [1.807, 2.05) is 3.63 Å². The first-order valence-electron chi connectivity index (χ1n) is 4.15. The Morgan fingerprint density at radius 3 is 1.39 bits per heavy atom. The minimum atomic E-state index is -7.92. The lowest BCUT2D eigenvalue weighted by Gasteiger charge is -2.32. The van der Waals surface area contributed by atoms with Crippen molar-refractivity contribution < 1.29 is 68.7 Å². The zero-order valence-electron chi connectivity index (χ0n) is 9.48. The molecule has 1 unspecified atom stereocenters. The largest absolute Gasteiger partial charge is 0.768 e. The smallest absolute Gasteiger partial charge is 0.524 e. The standard InChI is InChI=1S/C4HF9O7S3/c5-1(6,2(7,8)21(14)15)3(9,10)22(16,17)20-23(18,19)4(11,12)13/h(H,14,15)/p-1. The molecule has 0 fully saturated rings. The molecule has 0 aliphatic carbocycles. The minimum absolute atomic E-state index is 1.87. The summed E-state index contributed by atoms with van der Waals surface area (Å²) in [4.78, 5) is 0. The van der Waals surface area contributed by atoms with Crippen LogP contribution in [0, 0.1) is 0 Å². The van der Waals surface area contributed by atoms with Crippen molar-refractivity contribution >= 4 is 31.3 Å². The first kappa shape index (κ1) is 22.3. The third-order valence-corrected chi connectivity index (χ3v) is 5.28. The van der Waals surface area contributed by atoms with E-state index in [9.17, 15) is 65.1 Å². The molecule has 0 radical (unpaired) electrons. The first-order valence-corrected chi connectivity index (χ1v) is 8.04. The lowest BCUT2D eigenvalue weighted by molar-refractivity contribution is -0.245. The fourth-order valence-corrected chi connectivity index (χ4v) is 3.07. The Hall–Kier alpha value is -0.660. The van der Waals surface area contributed by atoms with Crippen molar-refractivity contribution in [3.05, 3.63) is 0 Å². The van der Waals surface area contributed by atoms with Crippen molar-refractivity contribution in [1.82, 2.24) is 0 Å². The van der Waals surface area contributed by atoms with Crippen LogP contribution in [0.25, 0.3) is 0 Å². The van der Waals surface area contributed by atoms with Crippen LogP contribution in [-0.2, 0) is 34.9 Å². The average molecular weight is 427 g/mol. The Balaban J connectivity index is 6.18. The van der Waals surface area contributed by atoms with Crippen LogP contribution in [0.3, 0.4) is 0 Å². The molecule has 0 aromatic carbocycles. The van der Waals surface area contributed by atoms with E-state index in [2.05, 4.69) is 0 Å². The quantitative estimate of drug-likeness (QED) is 0.351. The molecule has 0 heterocycles. The van der Waals surface area contributed by atoms with E-state index in [1.54, 1.807) is 0 Å². The Kier molecular flexibility index (Phi) is 5.54. The Morgan fingerprint density at radius 1 is 0.783 bits per heavy atom. The molecule has 1 atom stereocenters. The van der Waals surface area contributed by atoms with E-state index >= 15 is 0 Å². The summed E-state index contributed by atoms with van der Waals surface area (Å²) in [6.45, 7) is 0. The van der Waals surface area contributed by atoms with Gasteiger partial charge in [0.2, 0.25) is 0 Å². The molecule has 0 saturated heterocycles. The van der Waals surface area contributed by atoms with Gasteiger partial charge in [-0.25, -0.2) is 0 Å². The van der Waals surface area contributed by atoms with Gasteiger partial charge < -0.3 is 4.55 Å². The average Bonchev–Trinajstić information content (AvgIpc) is 2.24. The second kappa shape index (κ2) is 5.70. The van der Waals surface area contributed by atoms with Crippen LogP contribution < -0.4 is 0 Å². The van der Waals surface area contributed by atoms with Crippen LogP contribution in [0.2, 0.25) is 0 Å². The highest BCUT2D eigenvalue weighted by atomic mass is 32.3. The molecule has 7 nitrogen and oxygen atoms in total. The zero-order chi connectivity index (χ0) is 19.3. The van der Waals surface area contributed by atoms with Gasteiger partial charge in [-0.1, -0.05) is 0 Å². The van der Waals surface area contributed by atoms with Gasteiger partial charge in [0.25, 0.3) is 0 Å². The van der Waals surface area contributed by atoms with Crippen molar-refractivity contribution in [2.75, 3.05) is 0 Å². The Morgan fingerprint density at radius 2 is 1.13 bits per heavy atom. The molecule has 0 N–H and O–H groups in total. The summed E-state index contributed by atoms with van der Waals surface area (Å²) in [6, 6.07) is 0. The van der Waals surface area contributed by atoms with Crippen LogP contribution in [0.4, 0.5) is 39.5 Å². The van der Waals surface area contributed by atoms with Crippen LogP contribution in [0.15, 0.2) is 0 Å². The molecule has 19 heteroatoms. The third-order valence-electron chi connectivity index (χ3n) is 1.72. The summed E-state index contributed by atoms with van der Waals surface area (Å²) < 4.78 is 175. The molecule has 23 heavy (non-hydrogen) atoms. The summed E-state index contributed by atoms with van der Waals surface area (Å²) in [5.74, 6) is -7.38. The Labute approximate surface area is 122 Å². The van der Waals surface area contributed by atoms with E-state index in [4.69, 9.17) is 0 Å². The minimum Gasteiger partial charge on any atom is -0.768 e. The maximum atomic E-state index is 12.9. The van der Waals surface area contributed by atoms with Crippen LogP contribution >= 0.6 is 0 Å². The topological polar surface area (TPSA) is 118 Å². The van der Waals surface area contributed by atoms with Crippen molar-refractivity contribution in [3.8, 4) is 0 Å². The zero-order valence-corrected chi connectivity index (χ0v) is 11.9. The van der Waals surface area contributed by atoms with Gasteiger partial charge in [0.15, 0.2) is 0 Å². The van der Waals surface area contributed by atoms with Gasteiger partial charge in [-0.3, -0.25) is 4.21 Å². The molecule has 0 bridgehead atoms. The van der Waals surface area contributed by atoms with E-state index in [0.29, 0.717) is 0 Å². The van der Waals surface area contributed by atoms with Gasteiger partial charge in [0, 0.05) is 11.1 Å². The van der Waals surface area contributed by atoms with E-state index < -0.39 is 53.3 Å². The van der Waals surface area contributed by atoms with Crippen LogP contribution in [0.1, 0.15) is 0 Å². The summed E-state index contributed by atoms with van der Waals surface area (Å²) in [5, 5.41) is -14.2. The summed E-state index contributed by atoms with van der Waals surface area (Å²) in [7, 11) is -15.4. The summed E-state index contributed by atoms with van der Waals surface area (Å²) in [6.07, 6.45) is 0. The number of alkyl halides is 9. The fraction of sp³-hybridized carbons (Fsp3) is 1.00. The van der Waals surface area contributed by atoms with Gasteiger partial charge in [-0.15, -0.1) is 3.63 Å². The monoisotopic (exact) mass is 427 g/mol. The second-order valence-electron chi connectivity index (χ2n) is 3.26. The van der Waals surface area contributed by atoms with Crippen molar-refractivity contribution in [1.29, 1.82) is 0 Å². The highest BCUT2D eigenvalue weighted by Gasteiger charge is 2.80. The van der Waals surface area contributed by atoms with E-state index in [1.165, 1.54) is 0 Å². The SMILES string of the molecule is O=S([O-])C(F)(F)C(F)(F)C(F)(F)S(=O)(=O)OS(=O)(=O)C(F)(F)F. The molecule has 0 aromatic heterocycles. The van der Waals surface area contributed by atoms with Crippen molar-refractivity contribution in [3.63, 3.8) is 0 Å². The van der Waals surface area contributed by atoms with Gasteiger partial charge >= 0.3 is 42.2 Å². The number of rotatable bonds is 6. The number of hydrogen-bond donors (Lipinski definition) is 0.